The molecule has 4 nitrogen and oxygen atoms in total. The lowest BCUT2D eigenvalue weighted by atomic mass is 10.00. The van der Waals surface area contributed by atoms with Crippen molar-refractivity contribution in [3.63, 3.8) is 0 Å². The summed E-state index contributed by atoms with van der Waals surface area (Å²) in [5.41, 5.74) is 1.18. The van der Waals surface area contributed by atoms with Gasteiger partial charge >= 0.3 is 0 Å². The van der Waals surface area contributed by atoms with Crippen LogP contribution in [0.4, 0.5) is 11.6 Å². The Hall–Kier alpha value is -1.81. The van der Waals surface area contributed by atoms with Crippen LogP contribution in [0.15, 0.2) is 30.3 Å². The summed E-state index contributed by atoms with van der Waals surface area (Å²) in [5, 5.41) is 4.17. The largest absolute Gasteiger partial charge is 0.366 e. The Kier molecular flexibility index (Phi) is 5.56. The Morgan fingerprint density at radius 2 is 2.00 bits per heavy atom. The highest BCUT2D eigenvalue weighted by molar-refractivity contribution is 6.30. The fourth-order valence-corrected chi connectivity index (χ4v) is 3.44. The molecule has 128 valence electrons. The zero-order valence-corrected chi connectivity index (χ0v) is 15.2. The lowest BCUT2D eigenvalue weighted by Gasteiger charge is -2.36. The summed E-state index contributed by atoms with van der Waals surface area (Å²) >= 11 is 5.94. The SMILES string of the molecule is CCC1CCCCN1c1cc(NCc2ccc(Cl)cc2)nc(C)n1. The number of benzene rings is 1. The molecule has 24 heavy (non-hydrogen) atoms. The van der Waals surface area contributed by atoms with Crippen molar-refractivity contribution in [2.45, 2.75) is 52.1 Å². The van der Waals surface area contributed by atoms with E-state index in [2.05, 4.69) is 33.2 Å². The number of nitrogens with zero attached hydrogens (tertiary/aromatic N) is 3. The first-order chi connectivity index (χ1) is 11.7. The van der Waals surface area contributed by atoms with Crippen molar-refractivity contribution < 1.29 is 0 Å². The molecule has 2 heterocycles. The first-order valence-electron chi connectivity index (χ1n) is 8.76. The van der Waals surface area contributed by atoms with Crippen LogP contribution in [-0.2, 0) is 6.54 Å². The van der Waals surface area contributed by atoms with Gasteiger partial charge in [-0.05, 0) is 50.3 Å². The monoisotopic (exact) mass is 344 g/mol. The third-order valence-corrected chi connectivity index (χ3v) is 4.86. The van der Waals surface area contributed by atoms with Gasteiger partial charge in [-0.15, -0.1) is 0 Å². The highest BCUT2D eigenvalue weighted by Gasteiger charge is 2.22. The fourth-order valence-electron chi connectivity index (χ4n) is 3.31. The maximum atomic E-state index is 5.94. The van der Waals surface area contributed by atoms with Gasteiger partial charge in [0.2, 0.25) is 0 Å². The van der Waals surface area contributed by atoms with Gasteiger partial charge in [0.15, 0.2) is 0 Å². The second-order valence-corrected chi connectivity index (χ2v) is 6.83. The van der Waals surface area contributed by atoms with Crippen molar-refractivity contribution in [2.75, 3.05) is 16.8 Å². The van der Waals surface area contributed by atoms with Crippen molar-refractivity contribution in [3.8, 4) is 0 Å². The number of rotatable bonds is 5. The zero-order chi connectivity index (χ0) is 16.9. The molecule has 1 unspecified atom stereocenters. The number of nitrogens with one attached hydrogen (secondary N) is 1. The molecule has 1 saturated heterocycles. The Morgan fingerprint density at radius 1 is 1.21 bits per heavy atom. The Bertz CT molecular complexity index is 672. The molecular formula is C19H25ClN4. The van der Waals surface area contributed by atoms with Gasteiger partial charge in [0.05, 0.1) is 0 Å². The first-order valence-corrected chi connectivity index (χ1v) is 9.14. The average Bonchev–Trinajstić information content (AvgIpc) is 2.61. The van der Waals surface area contributed by atoms with Crippen LogP contribution in [0.25, 0.3) is 0 Å². The molecule has 0 amide bonds. The first kappa shape index (κ1) is 17.0. The molecule has 5 heteroatoms. The highest BCUT2D eigenvalue weighted by atomic mass is 35.5. The molecule has 0 bridgehead atoms. The quantitative estimate of drug-likeness (QED) is 0.844. The van der Waals surface area contributed by atoms with E-state index in [1.807, 2.05) is 31.2 Å². The van der Waals surface area contributed by atoms with Crippen LogP contribution >= 0.6 is 11.6 Å². The lowest BCUT2D eigenvalue weighted by Crippen LogP contribution is -2.39. The summed E-state index contributed by atoms with van der Waals surface area (Å²) in [6.07, 6.45) is 4.98. The highest BCUT2D eigenvalue weighted by Crippen LogP contribution is 2.26. The van der Waals surface area contributed by atoms with Crippen LogP contribution in [0.3, 0.4) is 0 Å². The third kappa shape index (κ3) is 4.18. The molecule has 0 radical (unpaired) electrons. The van der Waals surface area contributed by atoms with Crippen LogP contribution in [0.5, 0.6) is 0 Å². The van der Waals surface area contributed by atoms with Gasteiger partial charge in [-0.1, -0.05) is 30.7 Å². The summed E-state index contributed by atoms with van der Waals surface area (Å²) in [6, 6.07) is 10.6. The molecule has 1 aliphatic heterocycles. The number of aromatic nitrogens is 2. The van der Waals surface area contributed by atoms with E-state index in [4.69, 9.17) is 11.6 Å². The van der Waals surface area contributed by atoms with E-state index < -0.39 is 0 Å². The molecule has 1 fully saturated rings. The van der Waals surface area contributed by atoms with Gasteiger partial charge in [0.1, 0.15) is 17.5 Å². The van der Waals surface area contributed by atoms with E-state index in [0.717, 1.165) is 42.0 Å². The smallest absolute Gasteiger partial charge is 0.134 e. The summed E-state index contributed by atoms with van der Waals surface area (Å²) in [6.45, 7) is 6.04. The topological polar surface area (TPSA) is 41.0 Å². The van der Waals surface area contributed by atoms with E-state index in [1.165, 1.54) is 24.8 Å². The lowest BCUT2D eigenvalue weighted by molar-refractivity contribution is 0.446. The van der Waals surface area contributed by atoms with E-state index in [0.29, 0.717) is 6.04 Å². The second-order valence-electron chi connectivity index (χ2n) is 6.39. The molecule has 1 N–H and O–H groups in total. The standard InChI is InChI=1S/C19H25ClN4/c1-3-17-6-4-5-11-24(17)19-12-18(22-14(2)23-19)21-13-15-7-9-16(20)10-8-15/h7-10,12,17H,3-6,11,13H2,1-2H3,(H,21,22,23). The third-order valence-electron chi connectivity index (χ3n) is 4.60. The number of anilines is 2. The Morgan fingerprint density at radius 3 is 2.75 bits per heavy atom. The summed E-state index contributed by atoms with van der Waals surface area (Å²) < 4.78 is 0. The van der Waals surface area contributed by atoms with Gasteiger partial charge in [-0.3, -0.25) is 0 Å². The normalized spacial score (nSPS) is 17.8. The van der Waals surface area contributed by atoms with Crippen LogP contribution in [0.1, 0.15) is 44.0 Å². The molecule has 1 aromatic carbocycles. The van der Waals surface area contributed by atoms with Gasteiger partial charge in [-0.2, -0.15) is 0 Å². The molecule has 1 aromatic heterocycles. The molecule has 1 aliphatic rings. The molecule has 0 aliphatic carbocycles. The van der Waals surface area contributed by atoms with Crippen LogP contribution in [0, 0.1) is 6.92 Å². The molecular weight excluding hydrogens is 320 g/mol. The van der Waals surface area contributed by atoms with Gasteiger partial charge in [0.25, 0.3) is 0 Å². The summed E-state index contributed by atoms with van der Waals surface area (Å²) in [7, 11) is 0. The van der Waals surface area contributed by atoms with Gasteiger partial charge in [0, 0.05) is 30.2 Å². The van der Waals surface area contributed by atoms with Crippen molar-refractivity contribution >= 4 is 23.2 Å². The Labute approximate surface area is 149 Å². The fraction of sp³-hybridized carbons (Fsp3) is 0.474. The van der Waals surface area contributed by atoms with Gasteiger partial charge < -0.3 is 10.2 Å². The van der Waals surface area contributed by atoms with E-state index in [9.17, 15) is 0 Å². The average molecular weight is 345 g/mol. The predicted octanol–water partition coefficient (Wildman–Crippen LogP) is 4.82. The van der Waals surface area contributed by atoms with E-state index >= 15 is 0 Å². The number of aryl methyl sites for hydroxylation is 1. The number of hydrogen-bond donors (Lipinski definition) is 1. The maximum Gasteiger partial charge on any atom is 0.134 e. The minimum absolute atomic E-state index is 0.595. The van der Waals surface area contributed by atoms with Crippen LogP contribution < -0.4 is 10.2 Å². The number of piperidine rings is 1. The van der Waals surface area contributed by atoms with Crippen LogP contribution in [-0.4, -0.2) is 22.6 Å². The predicted molar refractivity (Wildman–Crippen MR) is 101 cm³/mol. The van der Waals surface area contributed by atoms with Crippen molar-refractivity contribution in [2.24, 2.45) is 0 Å². The second kappa shape index (κ2) is 7.84. The van der Waals surface area contributed by atoms with Crippen molar-refractivity contribution in [1.82, 2.24) is 9.97 Å². The van der Waals surface area contributed by atoms with E-state index in [1.54, 1.807) is 0 Å². The maximum absolute atomic E-state index is 5.94. The summed E-state index contributed by atoms with van der Waals surface area (Å²) in [4.78, 5) is 11.7. The number of hydrogen-bond acceptors (Lipinski definition) is 4. The molecule has 0 saturated carbocycles. The molecule has 3 rings (SSSR count). The van der Waals surface area contributed by atoms with Crippen molar-refractivity contribution in [1.29, 1.82) is 0 Å². The van der Waals surface area contributed by atoms with Crippen molar-refractivity contribution in [3.05, 3.63) is 46.7 Å². The molecule has 1 atom stereocenters. The van der Waals surface area contributed by atoms with Gasteiger partial charge in [-0.25, -0.2) is 9.97 Å². The van der Waals surface area contributed by atoms with E-state index in [-0.39, 0.29) is 0 Å². The number of halogens is 1. The van der Waals surface area contributed by atoms with Crippen LogP contribution in [0.2, 0.25) is 5.02 Å². The molecule has 0 spiro atoms. The molecule has 2 aromatic rings. The minimum Gasteiger partial charge on any atom is -0.366 e. The minimum atomic E-state index is 0.595. The Balaban J connectivity index is 1.74. The zero-order valence-electron chi connectivity index (χ0n) is 14.4. The summed E-state index contributed by atoms with van der Waals surface area (Å²) in [5.74, 6) is 2.74.